The standard InChI is InChI=1S/C21H18N4O/c1-15-5-3-7-17(13-15)24-12-10-20(26)21(23-24)19-9-11-22-25(19)18-8-4-6-16(2)14-18/h3-14H,1-2H3. The Hall–Kier alpha value is -3.47. The summed E-state index contributed by atoms with van der Waals surface area (Å²) in [7, 11) is 0. The number of aromatic nitrogens is 4. The van der Waals surface area contributed by atoms with Crippen LogP contribution in [0.1, 0.15) is 11.1 Å². The molecule has 4 rings (SSSR count). The fraction of sp³-hybridized carbons (Fsp3) is 0.0952. The molecule has 0 amide bonds. The Bertz CT molecular complexity index is 1140. The molecule has 0 unspecified atom stereocenters. The Morgan fingerprint density at radius 3 is 2.27 bits per heavy atom. The molecule has 0 aliphatic carbocycles. The van der Waals surface area contributed by atoms with E-state index in [2.05, 4.69) is 10.2 Å². The fourth-order valence-electron chi connectivity index (χ4n) is 2.95. The van der Waals surface area contributed by atoms with Gasteiger partial charge < -0.3 is 0 Å². The van der Waals surface area contributed by atoms with E-state index in [1.54, 1.807) is 21.8 Å². The third-order valence-electron chi connectivity index (χ3n) is 4.21. The van der Waals surface area contributed by atoms with Crippen LogP contribution < -0.4 is 5.43 Å². The Kier molecular flexibility index (Phi) is 3.97. The lowest BCUT2D eigenvalue weighted by atomic mass is 10.2. The SMILES string of the molecule is Cc1cccc(-n2ccc(=O)c(-c3ccnn3-c3cccc(C)c3)n2)c1. The van der Waals surface area contributed by atoms with Crippen molar-refractivity contribution in [1.29, 1.82) is 0 Å². The molecule has 5 heteroatoms. The molecule has 0 atom stereocenters. The highest BCUT2D eigenvalue weighted by molar-refractivity contribution is 5.57. The Balaban J connectivity index is 1.86. The lowest BCUT2D eigenvalue weighted by Crippen LogP contribution is -2.14. The smallest absolute Gasteiger partial charge is 0.209 e. The van der Waals surface area contributed by atoms with Gasteiger partial charge in [0.05, 0.1) is 23.3 Å². The average Bonchev–Trinajstić information content (AvgIpc) is 3.12. The van der Waals surface area contributed by atoms with Gasteiger partial charge in [0, 0.05) is 12.3 Å². The largest absolute Gasteiger partial charge is 0.287 e. The normalized spacial score (nSPS) is 10.8. The van der Waals surface area contributed by atoms with Crippen molar-refractivity contribution in [1.82, 2.24) is 19.6 Å². The molecule has 0 spiro atoms. The van der Waals surface area contributed by atoms with Crippen molar-refractivity contribution in [2.24, 2.45) is 0 Å². The molecule has 0 aliphatic rings. The van der Waals surface area contributed by atoms with E-state index < -0.39 is 0 Å². The van der Waals surface area contributed by atoms with Gasteiger partial charge in [0.25, 0.3) is 0 Å². The lowest BCUT2D eigenvalue weighted by molar-refractivity contribution is 0.822. The second-order valence-electron chi connectivity index (χ2n) is 6.28. The van der Waals surface area contributed by atoms with Crippen LogP contribution in [0.3, 0.4) is 0 Å². The molecular formula is C21H18N4O. The quantitative estimate of drug-likeness (QED) is 0.570. The highest BCUT2D eigenvalue weighted by Crippen LogP contribution is 2.19. The van der Waals surface area contributed by atoms with Crippen LogP contribution in [0.15, 0.2) is 77.9 Å². The molecule has 0 aliphatic heterocycles. The van der Waals surface area contributed by atoms with Crippen LogP contribution in [0, 0.1) is 13.8 Å². The van der Waals surface area contributed by atoms with Gasteiger partial charge >= 0.3 is 0 Å². The highest BCUT2D eigenvalue weighted by Gasteiger charge is 2.13. The summed E-state index contributed by atoms with van der Waals surface area (Å²) >= 11 is 0. The lowest BCUT2D eigenvalue weighted by Gasteiger charge is -2.10. The van der Waals surface area contributed by atoms with Crippen molar-refractivity contribution in [2.75, 3.05) is 0 Å². The first-order valence-electron chi connectivity index (χ1n) is 8.40. The Labute approximate surface area is 151 Å². The number of aryl methyl sites for hydroxylation is 2. The third-order valence-corrected chi connectivity index (χ3v) is 4.21. The van der Waals surface area contributed by atoms with E-state index in [-0.39, 0.29) is 5.43 Å². The maximum Gasteiger partial charge on any atom is 0.209 e. The molecule has 0 saturated heterocycles. The van der Waals surface area contributed by atoms with Crippen LogP contribution in [-0.4, -0.2) is 19.6 Å². The molecule has 0 fully saturated rings. The second kappa shape index (κ2) is 6.44. The minimum Gasteiger partial charge on any atom is -0.287 e. The van der Waals surface area contributed by atoms with E-state index in [1.165, 1.54) is 6.07 Å². The van der Waals surface area contributed by atoms with Crippen molar-refractivity contribution in [2.45, 2.75) is 13.8 Å². The van der Waals surface area contributed by atoms with E-state index in [1.807, 2.05) is 68.4 Å². The number of benzene rings is 2. The van der Waals surface area contributed by atoms with E-state index >= 15 is 0 Å². The zero-order valence-corrected chi connectivity index (χ0v) is 14.6. The topological polar surface area (TPSA) is 52.7 Å². The van der Waals surface area contributed by atoms with Gasteiger partial charge in [0.2, 0.25) is 5.43 Å². The zero-order valence-electron chi connectivity index (χ0n) is 14.6. The maximum absolute atomic E-state index is 12.5. The molecular weight excluding hydrogens is 324 g/mol. The average molecular weight is 342 g/mol. The highest BCUT2D eigenvalue weighted by atomic mass is 16.1. The van der Waals surface area contributed by atoms with Crippen molar-refractivity contribution in [3.63, 3.8) is 0 Å². The van der Waals surface area contributed by atoms with Gasteiger partial charge in [-0.15, -0.1) is 0 Å². The minimum atomic E-state index is -0.136. The van der Waals surface area contributed by atoms with E-state index in [0.717, 1.165) is 22.5 Å². The molecule has 26 heavy (non-hydrogen) atoms. The van der Waals surface area contributed by atoms with Crippen LogP contribution >= 0.6 is 0 Å². The Morgan fingerprint density at radius 2 is 1.54 bits per heavy atom. The summed E-state index contributed by atoms with van der Waals surface area (Å²) in [5.41, 5.74) is 4.97. The van der Waals surface area contributed by atoms with E-state index in [9.17, 15) is 4.79 Å². The van der Waals surface area contributed by atoms with Crippen LogP contribution in [0.5, 0.6) is 0 Å². The number of hydrogen-bond donors (Lipinski definition) is 0. The summed E-state index contributed by atoms with van der Waals surface area (Å²) in [6, 6.07) is 19.3. The number of nitrogens with zero attached hydrogens (tertiary/aromatic N) is 4. The monoisotopic (exact) mass is 342 g/mol. The minimum absolute atomic E-state index is 0.136. The Morgan fingerprint density at radius 1 is 0.846 bits per heavy atom. The molecule has 0 bridgehead atoms. The first kappa shape index (κ1) is 16.0. The zero-order chi connectivity index (χ0) is 18.1. The van der Waals surface area contributed by atoms with Crippen LogP contribution in [0.25, 0.3) is 22.8 Å². The van der Waals surface area contributed by atoms with Crippen LogP contribution in [-0.2, 0) is 0 Å². The van der Waals surface area contributed by atoms with Gasteiger partial charge in [-0.25, -0.2) is 9.36 Å². The summed E-state index contributed by atoms with van der Waals surface area (Å²) in [6.45, 7) is 4.05. The van der Waals surface area contributed by atoms with Crippen LogP contribution in [0.2, 0.25) is 0 Å². The van der Waals surface area contributed by atoms with Crippen molar-refractivity contribution >= 4 is 0 Å². The molecule has 4 aromatic rings. The first-order chi connectivity index (χ1) is 12.6. The molecule has 2 heterocycles. The molecule has 5 nitrogen and oxygen atoms in total. The fourth-order valence-corrected chi connectivity index (χ4v) is 2.95. The summed E-state index contributed by atoms with van der Waals surface area (Å²) in [4.78, 5) is 12.5. The van der Waals surface area contributed by atoms with E-state index in [0.29, 0.717) is 11.4 Å². The van der Waals surface area contributed by atoms with Gasteiger partial charge in [-0.3, -0.25) is 4.79 Å². The summed E-state index contributed by atoms with van der Waals surface area (Å²) in [5.74, 6) is 0. The van der Waals surface area contributed by atoms with Crippen molar-refractivity contribution < 1.29 is 0 Å². The van der Waals surface area contributed by atoms with Gasteiger partial charge in [0.15, 0.2) is 5.69 Å². The molecule has 0 N–H and O–H groups in total. The first-order valence-corrected chi connectivity index (χ1v) is 8.40. The second-order valence-corrected chi connectivity index (χ2v) is 6.28. The molecule has 0 saturated carbocycles. The molecule has 2 aromatic carbocycles. The number of hydrogen-bond acceptors (Lipinski definition) is 3. The van der Waals surface area contributed by atoms with Crippen molar-refractivity contribution in [3.05, 3.63) is 94.4 Å². The van der Waals surface area contributed by atoms with Gasteiger partial charge in [-0.1, -0.05) is 24.3 Å². The predicted molar refractivity (Wildman–Crippen MR) is 102 cm³/mol. The molecule has 128 valence electrons. The third kappa shape index (κ3) is 2.95. The summed E-state index contributed by atoms with van der Waals surface area (Å²) in [5, 5.41) is 8.97. The predicted octanol–water partition coefficient (Wildman–Crippen LogP) is 3.70. The summed E-state index contributed by atoms with van der Waals surface area (Å²) in [6.07, 6.45) is 3.37. The summed E-state index contributed by atoms with van der Waals surface area (Å²) < 4.78 is 3.47. The number of rotatable bonds is 3. The van der Waals surface area contributed by atoms with Crippen LogP contribution in [0.4, 0.5) is 0 Å². The van der Waals surface area contributed by atoms with Crippen molar-refractivity contribution in [3.8, 4) is 22.8 Å². The molecule has 2 aromatic heterocycles. The van der Waals surface area contributed by atoms with Gasteiger partial charge in [0.1, 0.15) is 0 Å². The van der Waals surface area contributed by atoms with E-state index in [4.69, 9.17) is 0 Å². The molecule has 0 radical (unpaired) electrons. The van der Waals surface area contributed by atoms with Gasteiger partial charge in [-0.05, 0) is 55.3 Å². The maximum atomic E-state index is 12.5. The van der Waals surface area contributed by atoms with Gasteiger partial charge in [-0.2, -0.15) is 10.2 Å².